The van der Waals surface area contributed by atoms with Gasteiger partial charge in [-0.1, -0.05) is 30.7 Å². The number of nitrogens with zero attached hydrogens (tertiary/aromatic N) is 1. The van der Waals surface area contributed by atoms with Gasteiger partial charge in [-0.2, -0.15) is 0 Å². The lowest BCUT2D eigenvalue weighted by molar-refractivity contribution is -0.0845. The number of aliphatic hydroxyl groups is 1. The van der Waals surface area contributed by atoms with Gasteiger partial charge in [-0.05, 0) is 36.9 Å². The molecule has 0 bridgehead atoms. The number of aliphatic hydroxyl groups excluding tert-OH is 1. The molecule has 1 aliphatic heterocycles. The van der Waals surface area contributed by atoms with Crippen LogP contribution in [-0.2, 0) is 4.74 Å². The maximum atomic E-state index is 10.5. The molecule has 2 unspecified atom stereocenters. The molecule has 3 nitrogen and oxygen atoms in total. The van der Waals surface area contributed by atoms with Crippen LogP contribution in [-0.4, -0.2) is 42.9 Å². The second-order valence-corrected chi connectivity index (χ2v) is 5.91. The van der Waals surface area contributed by atoms with Crippen molar-refractivity contribution in [2.75, 3.05) is 26.7 Å². The van der Waals surface area contributed by atoms with Gasteiger partial charge in [0, 0.05) is 13.1 Å². The van der Waals surface area contributed by atoms with Crippen LogP contribution in [0, 0.1) is 0 Å². The van der Waals surface area contributed by atoms with E-state index in [1.165, 1.54) is 24.8 Å². The lowest BCUT2D eigenvalue weighted by Crippen LogP contribution is -2.43. The third-order valence-electron chi connectivity index (χ3n) is 4.48. The van der Waals surface area contributed by atoms with Gasteiger partial charge in [-0.25, -0.2) is 0 Å². The van der Waals surface area contributed by atoms with E-state index < -0.39 is 6.10 Å². The van der Waals surface area contributed by atoms with Crippen molar-refractivity contribution in [3.63, 3.8) is 0 Å². The molecule has 1 saturated heterocycles. The summed E-state index contributed by atoms with van der Waals surface area (Å²) in [6.07, 6.45) is 3.32. The Hall–Kier alpha value is -0.900. The maximum absolute atomic E-state index is 10.5. The average Bonchev–Trinajstić information content (AvgIpc) is 2.36. The first kappa shape index (κ1) is 13.1. The third-order valence-corrected chi connectivity index (χ3v) is 4.48. The topological polar surface area (TPSA) is 32.7 Å². The molecule has 3 heteroatoms. The minimum atomic E-state index is -0.511. The second-order valence-electron chi connectivity index (χ2n) is 5.91. The quantitative estimate of drug-likeness (QED) is 0.906. The number of benzene rings is 1. The molecule has 3 rings (SSSR count). The predicted molar refractivity (Wildman–Crippen MR) is 75.2 cm³/mol. The molecule has 0 amide bonds. The summed E-state index contributed by atoms with van der Waals surface area (Å²) in [5.41, 5.74) is 2.39. The Morgan fingerprint density at radius 3 is 2.89 bits per heavy atom. The summed E-state index contributed by atoms with van der Waals surface area (Å²) in [6.45, 7) is 2.46. The van der Waals surface area contributed by atoms with Crippen molar-refractivity contribution in [3.05, 3.63) is 35.4 Å². The zero-order chi connectivity index (χ0) is 13.2. The van der Waals surface area contributed by atoms with Crippen LogP contribution < -0.4 is 0 Å². The van der Waals surface area contributed by atoms with E-state index in [-0.39, 0.29) is 6.10 Å². The number of likely N-dealkylation sites (N-methyl/N-ethyl adjacent to an activating group) is 1. The van der Waals surface area contributed by atoms with Crippen molar-refractivity contribution < 1.29 is 9.84 Å². The fraction of sp³-hybridized carbons (Fsp3) is 0.625. The Balaban J connectivity index is 1.73. The Kier molecular flexibility index (Phi) is 3.87. The zero-order valence-electron chi connectivity index (χ0n) is 11.6. The van der Waals surface area contributed by atoms with Gasteiger partial charge in [0.05, 0.1) is 6.61 Å². The van der Waals surface area contributed by atoms with Crippen LogP contribution in [0.1, 0.15) is 42.4 Å². The Morgan fingerprint density at radius 1 is 1.37 bits per heavy atom. The van der Waals surface area contributed by atoms with E-state index in [2.05, 4.69) is 30.1 Å². The van der Waals surface area contributed by atoms with E-state index >= 15 is 0 Å². The first-order valence-electron chi connectivity index (χ1n) is 7.32. The van der Waals surface area contributed by atoms with E-state index in [9.17, 15) is 5.11 Å². The fourth-order valence-corrected chi connectivity index (χ4v) is 2.96. The molecule has 1 saturated carbocycles. The van der Waals surface area contributed by atoms with Crippen LogP contribution in [0.25, 0.3) is 0 Å². The molecule has 1 aromatic rings. The monoisotopic (exact) mass is 261 g/mol. The summed E-state index contributed by atoms with van der Waals surface area (Å²) >= 11 is 0. The highest BCUT2D eigenvalue weighted by atomic mass is 16.5. The number of morpholine rings is 1. The number of ether oxygens (including phenoxy) is 1. The van der Waals surface area contributed by atoms with E-state index in [0.29, 0.717) is 12.5 Å². The van der Waals surface area contributed by atoms with Gasteiger partial charge in [0.25, 0.3) is 0 Å². The van der Waals surface area contributed by atoms with Gasteiger partial charge in [0.1, 0.15) is 12.2 Å². The van der Waals surface area contributed by atoms with Gasteiger partial charge in [-0.3, -0.25) is 0 Å². The first-order chi connectivity index (χ1) is 9.24. The summed E-state index contributed by atoms with van der Waals surface area (Å²) in [4.78, 5) is 2.22. The van der Waals surface area contributed by atoms with Crippen LogP contribution in [0.2, 0.25) is 0 Å². The highest BCUT2D eigenvalue weighted by Crippen LogP contribution is 2.37. The molecular formula is C16H23NO2. The minimum absolute atomic E-state index is 0.101. The van der Waals surface area contributed by atoms with Crippen molar-refractivity contribution in [2.45, 2.75) is 37.4 Å². The van der Waals surface area contributed by atoms with E-state index in [1.807, 2.05) is 6.07 Å². The second kappa shape index (κ2) is 5.61. The van der Waals surface area contributed by atoms with Crippen molar-refractivity contribution >= 4 is 0 Å². The molecule has 0 radical (unpaired) electrons. The van der Waals surface area contributed by atoms with Crippen LogP contribution in [0.4, 0.5) is 0 Å². The highest BCUT2D eigenvalue weighted by molar-refractivity contribution is 5.29. The molecular weight excluding hydrogens is 238 g/mol. The summed E-state index contributed by atoms with van der Waals surface area (Å²) < 4.78 is 5.71. The van der Waals surface area contributed by atoms with Crippen LogP contribution in [0.3, 0.4) is 0 Å². The SMILES string of the molecule is CN1CCOC(C(O)c2cccc(C3CCC3)c2)C1. The van der Waals surface area contributed by atoms with Gasteiger partial charge in [-0.15, -0.1) is 0 Å². The fourth-order valence-electron chi connectivity index (χ4n) is 2.96. The summed E-state index contributed by atoms with van der Waals surface area (Å²) in [5, 5.41) is 10.5. The highest BCUT2D eigenvalue weighted by Gasteiger charge is 2.27. The van der Waals surface area contributed by atoms with Crippen LogP contribution >= 0.6 is 0 Å². The van der Waals surface area contributed by atoms with Crippen molar-refractivity contribution in [3.8, 4) is 0 Å². The number of rotatable bonds is 3. The molecule has 0 spiro atoms. The lowest BCUT2D eigenvalue weighted by atomic mass is 9.79. The first-order valence-corrected chi connectivity index (χ1v) is 7.32. The molecule has 19 heavy (non-hydrogen) atoms. The van der Waals surface area contributed by atoms with E-state index in [1.54, 1.807) is 0 Å². The van der Waals surface area contributed by atoms with Gasteiger partial charge < -0.3 is 14.7 Å². The lowest BCUT2D eigenvalue weighted by Gasteiger charge is -2.33. The van der Waals surface area contributed by atoms with Crippen molar-refractivity contribution in [1.82, 2.24) is 4.90 Å². The third kappa shape index (κ3) is 2.83. The van der Waals surface area contributed by atoms with E-state index in [4.69, 9.17) is 4.74 Å². The van der Waals surface area contributed by atoms with E-state index in [0.717, 1.165) is 18.7 Å². The van der Waals surface area contributed by atoms with Crippen LogP contribution in [0.15, 0.2) is 24.3 Å². The maximum Gasteiger partial charge on any atom is 0.106 e. The predicted octanol–water partition coefficient (Wildman–Crippen LogP) is 2.32. The zero-order valence-corrected chi connectivity index (χ0v) is 11.6. The largest absolute Gasteiger partial charge is 0.386 e. The number of hydrogen-bond acceptors (Lipinski definition) is 3. The molecule has 2 fully saturated rings. The molecule has 1 aromatic carbocycles. The Bertz CT molecular complexity index is 431. The molecule has 2 aliphatic rings. The molecule has 1 N–H and O–H groups in total. The molecule has 1 aliphatic carbocycles. The normalized spacial score (nSPS) is 26.9. The van der Waals surface area contributed by atoms with Crippen LogP contribution in [0.5, 0.6) is 0 Å². The smallest absolute Gasteiger partial charge is 0.106 e. The number of hydrogen-bond donors (Lipinski definition) is 1. The summed E-state index contributed by atoms with van der Waals surface area (Å²) in [7, 11) is 2.08. The molecule has 104 valence electrons. The Labute approximate surface area is 115 Å². The Morgan fingerprint density at radius 2 is 2.21 bits per heavy atom. The van der Waals surface area contributed by atoms with Crippen molar-refractivity contribution in [2.24, 2.45) is 0 Å². The molecule has 2 atom stereocenters. The van der Waals surface area contributed by atoms with Gasteiger partial charge in [0.2, 0.25) is 0 Å². The van der Waals surface area contributed by atoms with Gasteiger partial charge in [0.15, 0.2) is 0 Å². The standard InChI is InChI=1S/C16H23NO2/c1-17-8-9-19-15(11-17)16(18)14-7-3-6-13(10-14)12-4-2-5-12/h3,6-7,10,12,15-16,18H,2,4-5,8-9,11H2,1H3. The van der Waals surface area contributed by atoms with Gasteiger partial charge >= 0.3 is 0 Å². The summed E-state index contributed by atoms with van der Waals surface area (Å²) in [6, 6.07) is 8.45. The summed E-state index contributed by atoms with van der Waals surface area (Å²) in [5.74, 6) is 0.710. The molecule has 0 aromatic heterocycles. The minimum Gasteiger partial charge on any atom is -0.386 e. The van der Waals surface area contributed by atoms with Crippen molar-refractivity contribution in [1.29, 1.82) is 0 Å². The molecule has 1 heterocycles. The average molecular weight is 261 g/mol.